The molecule has 3 heterocycles. The van der Waals surface area contributed by atoms with E-state index in [0.29, 0.717) is 5.56 Å². The Bertz CT molecular complexity index is 728. The number of pyridine rings is 1. The van der Waals surface area contributed by atoms with Crippen LogP contribution in [0.25, 0.3) is 0 Å². The van der Waals surface area contributed by atoms with Crippen LogP contribution >= 0.6 is 0 Å². The maximum atomic E-state index is 12.7. The predicted octanol–water partition coefficient (Wildman–Crippen LogP) is 1.71. The smallest absolute Gasteiger partial charge is 0.254 e. The maximum absolute atomic E-state index is 12.7. The molecule has 3 rings (SSSR count). The van der Waals surface area contributed by atoms with E-state index < -0.39 is 0 Å². The highest BCUT2D eigenvalue weighted by atomic mass is 16.5. The number of nitrogens with zero attached hydrogens (tertiary/aromatic N) is 5. The lowest BCUT2D eigenvalue weighted by molar-refractivity contribution is 0.0627. The van der Waals surface area contributed by atoms with Gasteiger partial charge in [0.15, 0.2) is 0 Å². The fourth-order valence-electron chi connectivity index (χ4n) is 3.04. The molecule has 1 aliphatic rings. The highest BCUT2D eigenvalue weighted by Crippen LogP contribution is 2.17. The molecular weight excluding hydrogens is 318 g/mol. The Balaban J connectivity index is 1.60. The number of hydrogen-bond acceptors (Lipinski definition) is 6. The number of anilines is 1. The van der Waals surface area contributed by atoms with Crippen LogP contribution in [0.4, 0.5) is 5.82 Å². The van der Waals surface area contributed by atoms with Crippen LogP contribution in [0.1, 0.15) is 27.4 Å². The molecule has 2 aromatic rings. The molecule has 7 nitrogen and oxygen atoms in total. The van der Waals surface area contributed by atoms with Gasteiger partial charge in [-0.05, 0) is 26.0 Å². The minimum atomic E-state index is 0.0717. The van der Waals surface area contributed by atoms with Crippen molar-refractivity contribution in [2.24, 2.45) is 0 Å². The first-order valence-electron chi connectivity index (χ1n) is 8.52. The Morgan fingerprint density at radius 2 is 1.96 bits per heavy atom. The topological polar surface area (TPSA) is 65.7 Å². The van der Waals surface area contributed by atoms with E-state index in [1.165, 1.54) is 0 Å². The van der Waals surface area contributed by atoms with Crippen molar-refractivity contribution in [1.29, 1.82) is 0 Å². The minimum Gasteiger partial charge on any atom is -0.363 e. The number of carbonyl (C=O) groups excluding carboxylic acids is 1. The first kappa shape index (κ1) is 17.4. The highest BCUT2D eigenvalue weighted by Gasteiger charge is 2.24. The van der Waals surface area contributed by atoms with Crippen LogP contribution in [-0.4, -0.2) is 66.1 Å². The molecule has 25 heavy (non-hydrogen) atoms. The first-order valence-corrected chi connectivity index (χ1v) is 8.52. The number of carbonyl (C=O) groups is 1. The summed E-state index contributed by atoms with van der Waals surface area (Å²) in [6, 6.07) is 3.63. The van der Waals surface area contributed by atoms with Crippen molar-refractivity contribution in [3.05, 3.63) is 40.9 Å². The van der Waals surface area contributed by atoms with E-state index in [9.17, 15) is 4.79 Å². The molecule has 1 fully saturated rings. The summed E-state index contributed by atoms with van der Waals surface area (Å²) in [7, 11) is 3.84. The molecule has 134 valence electrons. The molecule has 0 aromatic carbocycles. The third kappa shape index (κ3) is 3.82. The van der Waals surface area contributed by atoms with Crippen LogP contribution in [-0.2, 0) is 6.54 Å². The van der Waals surface area contributed by atoms with Crippen LogP contribution in [0.2, 0.25) is 0 Å². The van der Waals surface area contributed by atoms with Crippen molar-refractivity contribution in [3.63, 3.8) is 0 Å². The summed E-state index contributed by atoms with van der Waals surface area (Å²) in [6.45, 7) is 7.88. The summed E-state index contributed by atoms with van der Waals surface area (Å²) in [5.41, 5.74) is 2.80. The zero-order valence-electron chi connectivity index (χ0n) is 15.3. The number of aryl methyl sites for hydroxylation is 2. The summed E-state index contributed by atoms with van der Waals surface area (Å²) in [5.74, 6) is 1.74. The Kier molecular flexibility index (Phi) is 5.03. The number of piperazine rings is 1. The third-order valence-electron chi connectivity index (χ3n) is 4.67. The molecule has 0 spiro atoms. The van der Waals surface area contributed by atoms with E-state index >= 15 is 0 Å². The number of rotatable bonds is 4. The van der Waals surface area contributed by atoms with Gasteiger partial charge in [-0.15, -0.1) is 0 Å². The molecule has 0 N–H and O–H groups in total. The van der Waals surface area contributed by atoms with E-state index in [4.69, 9.17) is 4.52 Å². The molecule has 2 aromatic heterocycles. The lowest BCUT2D eigenvalue weighted by Gasteiger charge is -2.34. The second-order valence-corrected chi connectivity index (χ2v) is 6.67. The summed E-state index contributed by atoms with van der Waals surface area (Å²) in [6.07, 6.45) is 1.69. The van der Waals surface area contributed by atoms with Gasteiger partial charge in [-0.25, -0.2) is 4.98 Å². The van der Waals surface area contributed by atoms with Gasteiger partial charge >= 0.3 is 0 Å². The molecule has 0 unspecified atom stereocenters. The van der Waals surface area contributed by atoms with Crippen LogP contribution < -0.4 is 4.90 Å². The van der Waals surface area contributed by atoms with Gasteiger partial charge in [-0.1, -0.05) is 5.16 Å². The van der Waals surface area contributed by atoms with Gasteiger partial charge in [0.1, 0.15) is 11.6 Å². The largest absolute Gasteiger partial charge is 0.363 e. The highest BCUT2D eigenvalue weighted by molar-refractivity contribution is 5.94. The predicted molar refractivity (Wildman–Crippen MR) is 95.7 cm³/mol. The van der Waals surface area contributed by atoms with Crippen molar-refractivity contribution < 1.29 is 9.32 Å². The van der Waals surface area contributed by atoms with Crippen LogP contribution in [0.15, 0.2) is 22.9 Å². The summed E-state index contributed by atoms with van der Waals surface area (Å²) >= 11 is 0. The van der Waals surface area contributed by atoms with Gasteiger partial charge in [0.05, 0.1) is 5.69 Å². The summed E-state index contributed by atoms with van der Waals surface area (Å²) in [5, 5.41) is 4.01. The lowest BCUT2D eigenvalue weighted by Crippen LogP contribution is -2.48. The zero-order valence-corrected chi connectivity index (χ0v) is 15.3. The molecule has 1 saturated heterocycles. The molecule has 0 saturated carbocycles. The van der Waals surface area contributed by atoms with E-state index in [0.717, 1.165) is 55.6 Å². The van der Waals surface area contributed by atoms with Crippen molar-refractivity contribution in [2.75, 3.05) is 45.2 Å². The Morgan fingerprint density at radius 3 is 2.56 bits per heavy atom. The molecular formula is C18H25N5O2. The SMILES string of the molecule is Cc1noc(C)c1CN1CCN(C(=O)c2ccnc(N(C)C)c2)CC1. The van der Waals surface area contributed by atoms with Gasteiger partial charge < -0.3 is 14.3 Å². The second-order valence-electron chi connectivity index (χ2n) is 6.67. The van der Waals surface area contributed by atoms with E-state index in [2.05, 4.69) is 15.0 Å². The molecule has 0 bridgehead atoms. The first-order chi connectivity index (χ1) is 12.0. The van der Waals surface area contributed by atoms with Gasteiger partial charge in [-0.2, -0.15) is 0 Å². The lowest BCUT2D eigenvalue weighted by atomic mass is 10.1. The molecule has 1 aliphatic heterocycles. The third-order valence-corrected chi connectivity index (χ3v) is 4.67. The molecule has 1 amide bonds. The van der Waals surface area contributed by atoms with Crippen molar-refractivity contribution in [3.8, 4) is 0 Å². The van der Waals surface area contributed by atoms with Crippen molar-refractivity contribution in [2.45, 2.75) is 20.4 Å². The van der Waals surface area contributed by atoms with E-state index in [1.807, 2.05) is 43.8 Å². The van der Waals surface area contributed by atoms with E-state index in [1.54, 1.807) is 12.3 Å². The molecule has 7 heteroatoms. The van der Waals surface area contributed by atoms with Gasteiger partial charge in [0, 0.05) is 64.1 Å². The zero-order chi connectivity index (χ0) is 18.0. The Hall–Kier alpha value is -2.41. The minimum absolute atomic E-state index is 0.0717. The standard InChI is InChI=1S/C18H25N5O2/c1-13-16(14(2)25-20-13)12-22-7-9-23(10-8-22)18(24)15-5-6-19-17(11-15)21(3)4/h5-6,11H,7-10,12H2,1-4H3. The van der Waals surface area contributed by atoms with Crippen LogP contribution in [0, 0.1) is 13.8 Å². The maximum Gasteiger partial charge on any atom is 0.254 e. The average Bonchev–Trinajstić information content (AvgIpc) is 2.94. The van der Waals surface area contributed by atoms with E-state index in [-0.39, 0.29) is 5.91 Å². The van der Waals surface area contributed by atoms with Gasteiger partial charge in [0.25, 0.3) is 5.91 Å². The van der Waals surface area contributed by atoms with Crippen LogP contribution in [0.5, 0.6) is 0 Å². The van der Waals surface area contributed by atoms with Gasteiger partial charge in [-0.3, -0.25) is 9.69 Å². The van der Waals surface area contributed by atoms with Gasteiger partial charge in [0.2, 0.25) is 0 Å². The molecule has 0 aliphatic carbocycles. The second kappa shape index (κ2) is 7.23. The molecule has 0 radical (unpaired) electrons. The van der Waals surface area contributed by atoms with Crippen molar-refractivity contribution >= 4 is 11.7 Å². The summed E-state index contributed by atoms with van der Waals surface area (Å²) < 4.78 is 5.23. The number of amides is 1. The Labute approximate surface area is 148 Å². The summed E-state index contributed by atoms with van der Waals surface area (Å²) in [4.78, 5) is 23.2. The number of hydrogen-bond donors (Lipinski definition) is 0. The molecule has 0 atom stereocenters. The quantitative estimate of drug-likeness (QED) is 0.842. The number of aromatic nitrogens is 2. The monoisotopic (exact) mass is 343 g/mol. The average molecular weight is 343 g/mol. The Morgan fingerprint density at radius 1 is 1.24 bits per heavy atom. The fraction of sp³-hybridized carbons (Fsp3) is 0.500. The van der Waals surface area contributed by atoms with Crippen molar-refractivity contribution in [1.82, 2.24) is 19.9 Å². The normalized spacial score (nSPS) is 15.4. The fourth-order valence-corrected chi connectivity index (χ4v) is 3.04. The van der Waals surface area contributed by atoms with Crippen LogP contribution in [0.3, 0.4) is 0 Å².